The topological polar surface area (TPSA) is 72.9 Å². The van der Waals surface area contributed by atoms with E-state index in [0.29, 0.717) is 18.7 Å². The monoisotopic (exact) mass is 180 g/mol. The van der Waals surface area contributed by atoms with E-state index in [2.05, 4.69) is 10.4 Å². The van der Waals surface area contributed by atoms with E-state index in [1.165, 1.54) is 0 Å². The third-order valence-electron chi connectivity index (χ3n) is 2.15. The molecule has 0 spiro atoms. The molecule has 0 aliphatic carbocycles. The number of nitrogen functional groups attached to an aromatic ring is 1. The fourth-order valence-corrected chi connectivity index (χ4v) is 1.52. The van der Waals surface area contributed by atoms with E-state index in [4.69, 9.17) is 5.73 Å². The Hall–Kier alpha value is -1.52. The average Bonchev–Trinajstić information content (AvgIpc) is 2.62. The number of amides is 1. The van der Waals surface area contributed by atoms with Crippen molar-refractivity contribution in [2.24, 2.45) is 0 Å². The molecule has 1 aliphatic rings. The summed E-state index contributed by atoms with van der Waals surface area (Å²) in [6.07, 6.45) is 4.89. The minimum Gasteiger partial charge on any atom is -0.396 e. The molecule has 1 atom stereocenters. The third-order valence-corrected chi connectivity index (χ3v) is 2.15. The summed E-state index contributed by atoms with van der Waals surface area (Å²) in [5.41, 5.74) is 6.17. The molecule has 2 heterocycles. The van der Waals surface area contributed by atoms with Crippen molar-refractivity contribution in [3.8, 4) is 0 Å². The first kappa shape index (κ1) is 8.10. The van der Waals surface area contributed by atoms with Crippen molar-refractivity contribution in [3.63, 3.8) is 0 Å². The Morgan fingerprint density at radius 2 is 2.62 bits per heavy atom. The molecule has 1 fully saturated rings. The smallest absolute Gasteiger partial charge is 0.220 e. The number of carbonyl (C=O) groups excluding carboxylic acids is 1. The van der Waals surface area contributed by atoms with Crippen LogP contribution in [0.4, 0.5) is 5.69 Å². The summed E-state index contributed by atoms with van der Waals surface area (Å²) >= 11 is 0. The van der Waals surface area contributed by atoms with Crippen LogP contribution in [-0.2, 0) is 11.3 Å². The third kappa shape index (κ3) is 1.80. The van der Waals surface area contributed by atoms with Crippen molar-refractivity contribution >= 4 is 11.6 Å². The quantitative estimate of drug-likeness (QED) is 0.658. The van der Waals surface area contributed by atoms with Crippen LogP contribution in [0.15, 0.2) is 12.4 Å². The van der Waals surface area contributed by atoms with Crippen LogP contribution in [0.5, 0.6) is 0 Å². The molecular formula is C8H12N4O. The van der Waals surface area contributed by atoms with Gasteiger partial charge >= 0.3 is 0 Å². The molecule has 5 heteroatoms. The van der Waals surface area contributed by atoms with Crippen molar-refractivity contribution in [1.82, 2.24) is 15.1 Å². The van der Waals surface area contributed by atoms with Crippen LogP contribution in [0.1, 0.15) is 12.8 Å². The molecule has 1 saturated heterocycles. The van der Waals surface area contributed by atoms with Gasteiger partial charge < -0.3 is 11.1 Å². The van der Waals surface area contributed by atoms with Gasteiger partial charge in [-0.15, -0.1) is 0 Å². The molecule has 1 aliphatic heterocycles. The van der Waals surface area contributed by atoms with Crippen molar-refractivity contribution in [2.45, 2.75) is 25.4 Å². The predicted molar refractivity (Wildman–Crippen MR) is 47.8 cm³/mol. The Balaban J connectivity index is 1.95. The first-order chi connectivity index (χ1) is 6.24. The second kappa shape index (κ2) is 3.08. The number of aromatic nitrogens is 2. The van der Waals surface area contributed by atoms with E-state index < -0.39 is 0 Å². The highest BCUT2D eigenvalue weighted by Crippen LogP contribution is 2.09. The average molecular weight is 180 g/mol. The van der Waals surface area contributed by atoms with Gasteiger partial charge in [-0.3, -0.25) is 9.48 Å². The van der Waals surface area contributed by atoms with Gasteiger partial charge in [0.1, 0.15) is 0 Å². The zero-order chi connectivity index (χ0) is 9.26. The lowest BCUT2D eigenvalue weighted by Crippen LogP contribution is -2.29. The molecule has 3 N–H and O–H groups in total. The molecule has 70 valence electrons. The summed E-state index contributed by atoms with van der Waals surface area (Å²) in [6.45, 7) is 0.711. The van der Waals surface area contributed by atoms with Gasteiger partial charge in [-0.05, 0) is 6.42 Å². The lowest BCUT2D eigenvalue weighted by atomic mass is 10.2. The van der Waals surface area contributed by atoms with Crippen LogP contribution in [-0.4, -0.2) is 21.7 Å². The summed E-state index contributed by atoms with van der Waals surface area (Å²) in [5, 5.41) is 6.92. The van der Waals surface area contributed by atoms with Gasteiger partial charge in [0, 0.05) is 18.7 Å². The van der Waals surface area contributed by atoms with Crippen molar-refractivity contribution in [2.75, 3.05) is 5.73 Å². The summed E-state index contributed by atoms with van der Waals surface area (Å²) in [4.78, 5) is 10.9. The number of anilines is 1. The summed E-state index contributed by atoms with van der Waals surface area (Å²) < 4.78 is 1.76. The van der Waals surface area contributed by atoms with Gasteiger partial charge in [0.2, 0.25) is 5.91 Å². The standard InChI is InChI=1S/C8H12N4O/c9-6-3-10-12(4-6)5-7-1-2-8(13)11-7/h3-4,7H,1-2,5,9H2,(H,11,13). The van der Waals surface area contributed by atoms with Gasteiger partial charge in [0.25, 0.3) is 0 Å². The second-order valence-corrected chi connectivity index (χ2v) is 3.30. The van der Waals surface area contributed by atoms with Crippen LogP contribution in [0.25, 0.3) is 0 Å². The maximum atomic E-state index is 10.9. The van der Waals surface area contributed by atoms with Gasteiger partial charge in [0.05, 0.1) is 18.4 Å². The van der Waals surface area contributed by atoms with E-state index in [1.54, 1.807) is 17.1 Å². The molecule has 13 heavy (non-hydrogen) atoms. The fourth-order valence-electron chi connectivity index (χ4n) is 1.52. The van der Waals surface area contributed by atoms with Crippen molar-refractivity contribution in [1.29, 1.82) is 0 Å². The van der Waals surface area contributed by atoms with Gasteiger partial charge in [-0.25, -0.2) is 0 Å². The second-order valence-electron chi connectivity index (χ2n) is 3.30. The Morgan fingerprint density at radius 3 is 3.15 bits per heavy atom. The maximum absolute atomic E-state index is 10.9. The Morgan fingerprint density at radius 1 is 1.77 bits per heavy atom. The Kier molecular flexibility index (Phi) is 1.92. The SMILES string of the molecule is Nc1cnn(CC2CCC(=O)N2)c1. The Labute approximate surface area is 75.9 Å². The number of hydrogen-bond donors (Lipinski definition) is 2. The number of carbonyl (C=O) groups is 1. The summed E-state index contributed by atoms with van der Waals surface area (Å²) in [7, 11) is 0. The number of nitrogens with two attached hydrogens (primary N) is 1. The molecule has 5 nitrogen and oxygen atoms in total. The van der Waals surface area contributed by atoms with Crippen molar-refractivity contribution < 1.29 is 4.79 Å². The maximum Gasteiger partial charge on any atom is 0.220 e. The molecule has 0 radical (unpaired) electrons. The van der Waals surface area contributed by atoms with Gasteiger partial charge in [-0.2, -0.15) is 5.10 Å². The number of rotatable bonds is 2. The van der Waals surface area contributed by atoms with Crippen LogP contribution < -0.4 is 11.1 Å². The first-order valence-electron chi connectivity index (χ1n) is 4.31. The van der Waals surface area contributed by atoms with E-state index in [1.807, 2.05) is 0 Å². The number of nitrogens with one attached hydrogen (secondary N) is 1. The van der Waals surface area contributed by atoms with Crippen molar-refractivity contribution in [3.05, 3.63) is 12.4 Å². The molecule has 0 bridgehead atoms. The molecule has 0 aromatic carbocycles. The largest absolute Gasteiger partial charge is 0.396 e. The summed E-state index contributed by atoms with van der Waals surface area (Å²) in [5.74, 6) is 0.130. The van der Waals surface area contributed by atoms with E-state index in [0.717, 1.165) is 6.42 Å². The molecule has 1 unspecified atom stereocenters. The van der Waals surface area contributed by atoms with E-state index >= 15 is 0 Å². The minimum atomic E-state index is 0.130. The lowest BCUT2D eigenvalue weighted by Gasteiger charge is -2.08. The zero-order valence-electron chi connectivity index (χ0n) is 7.23. The molecule has 2 rings (SSSR count). The molecule has 1 amide bonds. The van der Waals surface area contributed by atoms with Crippen LogP contribution >= 0.6 is 0 Å². The molecular weight excluding hydrogens is 168 g/mol. The normalized spacial score (nSPS) is 21.8. The Bertz CT molecular complexity index is 320. The van der Waals surface area contributed by atoms with E-state index in [9.17, 15) is 4.79 Å². The van der Waals surface area contributed by atoms with Crippen LogP contribution in [0, 0.1) is 0 Å². The highest BCUT2D eigenvalue weighted by Gasteiger charge is 2.20. The number of nitrogens with zero attached hydrogens (tertiary/aromatic N) is 2. The highest BCUT2D eigenvalue weighted by molar-refractivity contribution is 5.78. The predicted octanol–water partition coefficient (Wildman–Crippen LogP) is -0.256. The molecule has 1 aromatic heterocycles. The van der Waals surface area contributed by atoms with E-state index in [-0.39, 0.29) is 11.9 Å². The first-order valence-corrected chi connectivity index (χ1v) is 4.31. The number of hydrogen-bond acceptors (Lipinski definition) is 3. The van der Waals surface area contributed by atoms with Crippen LogP contribution in [0.3, 0.4) is 0 Å². The highest BCUT2D eigenvalue weighted by atomic mass is 16.1. The van der Waals surface area contributed by atoms with Gasteiger partial charge in [0.15, 0.2) is 0 Å². The molecule has 1 aromatic rings. The van der Waals surface area contributed by atoms with Crippen LogP contribution in [0.2, 0.25) is 0 Å². The lowest BCUT2D eigenvalue weighted by molar-refractivity contribution is -0.119. The molecule has 0 saturated carbocycles. The zero-order valence-corrected chi connectivity index (χ0v) is 7.23. The fraction of sp³-hybridized carbons (Fsp3) is 0.500. The summed E-state index contributed by atoms with van der Waals surface area (Å²) in [6, 6.07) is 0.215. The van der Waals surface area contributed by atoms with Gasteiger partial charge in [-0.1, -0.05) is 0 Å². The minimum absolute atomic E-state index is 0.130.